The van der Waals surface area contributed by atoms with Crippen LogP contribution in [0.5, 0.6) is 0 Å². The first kappa shape index (κ1) is 24.4. The molecule has 0 bridgehead atoms. The standard InChI is InChI=1S/C23H24FN5O5S/c1-29-20(13-19(27-29)14-5-7-15(24)8-6-14)22(31)25-16-9-11-17(12-10-16)35(33,34)28-23(32)26-18-3-2-4-21(18)30/h5-13,18,21,30H,2-4H2,1H3,(H,25,31)(H2,26,28,32). The minimum Gasteiger partial charge on any atom is -0.391 e. The van der Waals surface area contributed by atoms with Crippen LogP contribution in [0.1, 0.15) is 29.8 Å². The van der Waals surface area contributed by atoms with Gasteiger partial charge in [0.1, 0.15) is 11.5 Å². The maximum atomic E-state index is 13.2. The fourth-order valence-corrected chi connectivity index (χ4v) is 4.76. The van der Waals surface area contributed by atoms with E-state index >= 15 is 0 Å². The predicted molar refractivity (Wildman–Crippen MR) is 125 cm³/mol. The second-order valence-electron chi connectivity index (χ2n) is 8.21. The summed E-state index contributed by atoms with van der Waals surface area (Å²) in [5.41, 5.74) is 1.72. The fraction of sp³-hybridized carbons (Fsp3) is 0.261. The van der Waals surface area contributed by atoms with Crippen LogP contribution in [0.25, 0.3) is 11.3 Å². The van der Waals surface area contributed by atoms with Gasteiger partial charge in [0.15, 0.2) is 0 Å². The molecule has 3 aromatic rings. The van der Waals surface area contributed by atoms with Gasteiger partial charge in [0.05, 0.1) is 22.7 Å². The normalized spacial score (nSPS) is 17.7. The van der Waals surface area contributed by atoms with E-state index < -0.39 is 34.1 Å². The van der Waals surface area contributed by atoms with Crippen LogP contribution in [-0.4, -0.2) is 47.4 Å². The van der Waals surface area contributed by atoms with E-state index in [0.717, 1.165) is 6.42 Å². The number of amides is 3. The van der Waals surface area contributed by atoms with Crippen molar-refractivity contribution in [2.24, 2.45) is 7.05 Å². The molecule has 0 radical (unpaired) electrons. The lowest BCUT2D eigenvalue weighted by Crippen LogP contribution is -2.47. The van der Waals surface area contributed by atoms with Crippen LogP contribution >= 0.6 is 0 Å². The number of rotatable bonds is 6. The molecule has 1 fully saturated rings. The second kappa shape index (κ2) is 9.84. The molecular weight excluding hydrogens is 477 g/mol. The second-order valence-corrected chi connectivity index (χ2v) is 9.89. The molecule has 0 aliphatic heterocycles. The number of aliphatic hydroxyl groups excluding tert-OH is 1. The molecule has 1 saturated carbocycles. The third-order valence-electron chi connectivity index (χ3n) is 5.70. The Morgan fingerprint density at radius 3 is 2.40 bits per heavy atom. The highest BCUT2D eigenvalue weighted by molar-refractivity contribution is 7.90. The van der Waals surface area contributed by atoms with Crippen molar-refractivity contribution in [2.45, 2.75) is 36.3 Å². The molecule has 184 valence electrons. The molecule has 12 heteroatoms. The Hall–Kier alpha value is -3.77. The predicted octanol–water partition coefficient (Wildman–Crippen LogP) is 2.38. The summed E-state index contributed by atoms with van der Waals surface area (Å²) in [5, 5.41) is 19.2. The molecule has 1 aromatic heterocycles. The summed E-state index contributed by atoms with van der Waals surface area (Å²) in [6.07, 6.45) is 1.18. The molecule has 3 amide bonds. The van der Waals surface area contributed by atoms with Gasteiger partial charge in [-0.3, -0.25) is 9.48 Å². The number of anilines is 1. The number of hydrogen-bond donors (Lipinski definition) is 4. The number of nitrogens with zero attached hydrogens (tertiary/aromatic N) is 2. The number of hydrogen-bond acceptors (Lipinski definition) is 6. The molecule has 1 heterocycles. The summed E-state index contributed by atoms with van der Waals surface area (Å²) in [4.78, 5) is 24.6. The minimum absolute atomic E-state index is 0.170. The van der Waals surface area contributed by atoms with Gasteiger partial charge in [0, 0.05) is 18.3 Å². The first-order valence-electron chi connectivity index (χ1n) is 10.9. The quantitative estimate of drug-likeness (QED) is 0.409. The van der Waals surface area contributed by atoms with Crippen LogP contribution in [-0.2, 0) is 17.1 Å². The molecule has 10 nitrogen and oxygen atoms in total. The highest BCUT2D eigenvalue weighted by Crippen LogP contribution is 2.21. The Bertz CT molecular complexity index is 1340. The molecular formula is C23H24FN5O5S. The Morgan fingerprint density at radius 1 is 1.09 bits per heavy atom. The van der Waals surface area contributed by atoms with Gasteiger partial charge < -0.3 is 15.7 Å². The van der Waals surface area contributed by atoms with E-state index in [2.05, 4.69) is 15.7 Å². The van der Waals surface area contributed by atoms with Gasteiger partial charge in [-0.25, -0.2) is 22.3 Å². The van der Waals surface area contributed by atoms with E-state index in [0.29, 0.717) is 29.8 Å². The zero-order chi connectivity index (χ0) is 25.2. The van der Waals surface area contributed by atoms with Crippen LogP contribution in [0.3, 0.4) is 0 Å². The van der Waals surface area contributed by atoms with Crippen molar-refractivity contribution in [1.82, 2.24) is 19.8 Å². The fourth-order valence-electron chi connectivity index (χ4n) is 3.84. The number of aliphatic hydroxyl groups is 1. The monoisotopic (exact) mass is 501 g/mol. The van der Waals surface area contributed by atoms with Crippen molar-refractivity contribution < 1.29 is 27.5 Å². The van der Waals surface area contributed by atoms with Crippen molar-refractivity contribution in [3.05, 3.63) is 66.1 Å². The Balaban J connectivity index is 1.40. The molecule has 2 unspecified atom stereocenters. The van der Waals surface area contributed by atoms with Crippen LogP contribution in [0.2, 0.25) is 0 Å². The van der Waals surface area contributed by atoms with Crippen LogP contribution in [0.4, 0.5) is 14.9 Å². The van der Waals surface area contributed by atoms with Gasteiger partial charge in [0.2, 0.25) is 0 Å². The number of halogens is 1. The van der Waals surface area contributed by atoms with Crippen LogP contribution in [0, 0.1) is 5.82 Å². The largest absolute Gasteiger partial charge is 0.391 e. The molecule has 4 N–H and O–H groups in total. The van der Waals surface area contributed by atoms with Gasteiger partial charge in [-0.05, 0) is 73.9 Å². The smallest absolute Gasteiger partial charge is 0.329 e. The average Bonchev–Trinajstić information content (AvgIpc) is 3.39. The molecule has 0 spiro atoms. The SMILES string of the molecule is Cn1nc(-c2ccc(F)cc2)cc1C(=O)Nc1ccc(S(=O)(=O)NC(=O)NC2CCCC2O)cc1. The number of carbonyl (C=O) groups is 2. The number of carbonyl (C=O) groups excluding carboxylic acids is 2. The van der Waals surface area contributed by atoms with E-state index in [9.17, 15) is 27.5 Å². The van der Waals surface area contributed by atoms with Crippen LogP contribution in [0.15, 0.2) is 59.5 Å². The maximum absolute atomic E-state index is 13.2. The molecule has 2 atom stereocenters. The molecule has 0 saturated heterocycles. The molecule has 35 heavy (non-hydrogen) atoms. The third-order valence-corrected chi connectivity index (χ3v) is 7.04. The van der Waals surface area contributed by atoms with E-state index in [4.69, 9.17) is 0 Å². The van der Waals surface area contributed by atoms with Crippen LogP contribution < -0.4 is 15.4 Å². The van der Waals surface area contributed by atoms with Gasteiger partial charge in [-0.2, -0.15) is 5.10 Å². The van der Waals surface area contributed by atoms with Crippen molar-refractivity contribution in [3.8, 4) is 11.3 Å². The number of urea groups is 1. The van der Waals surface area contributed by atoms with Gasteiger partial charge in [-0.1, -0.05) is 0 Å². The summed E-state index contributed by atoms with van der Waals surface area (Å²) in [6, 6.07) is 11.2. The first-order chi connectivity index (χ1) is 16.6. The van der Waals surface area contributed by atoms with Crippen molar-refractivity contribution >= 4 is 27.6 Å². The van der Waals surface area contributed by atoms with Crippen molar-refractivity contribution in [2.75, 3.05) is 5.32 Å². The Labute approximate surface area is 201 Å². The highest BCUT2D eigenvalue weighted by Gasteiger charge is 2.28. The number of aromatic nitrogens is 2. The highest BCUT2D eigenvalue weighted by atomic mass is 32.2. The molecule has 4 rings (SSSR count). The summed E-state index contributed by atoms with van der Waals surface area (Å²) >= 11 is 0. The Kier molecular flexibility index (Phi) is 6.85. The van der Waals surface area contributed by atoms with Gasteiger partial charge in [0.25, 0.3) is 15.9 Å². The van der Waals surface area contributed by atoms with E-state index in [1.807, 2.05) is 4.72 Å². The van der Waals surface area contributed by atoms with Crippen molar-refractivity contribution in [1.29, 1.82) is 0 Å². The maximum Gasteiger partial charge on any atom is 0.329 e. The zero-order valence-electron chi connectivity index (χ0n) is 18.7. The van der Waals surface area contributed by atoms with Crippen molar-refractivity contribution in [3.63, 3.8) is 0 Å². The number of aryl methyl sites for hydroxylation is 1. The van der Waals surface area contributed by atoms with Gasteiger partial charge in [-0.15, -0.1) is 0 Å². The first-order valence-corrected chi connectivity index (χ1v) is 12.3. The number of benzene rings is 2. The lowest BCUT2D eigenvalue weighted by molar-refractivity contribution is 0.101. The third kappa shape index (κ3) is 5.66. The summed E-state index contributed by atoms with van der Waals surface area (Å²) in [6.45, 7) is 0. The molecule has 1 aliphatic carbocycles. The number of nitrogens with one attached hydrogen (secondary N) is 3. The van der Waals surface area contributed by atoms with Gasteiger partial charge >= 0.3 is 6.03 Å². The zero-order valence-corrected chi connectivity index (χ0v) is 19.5. The lowest BCUT2D eigenvalue weighted by atomic mass is 10.1. The molecule has 1 aliphatic rings. The summed E-state index contributed by atoms with van der Waals surface area (Å²) in [7, 11) is -2.55. The summed E-state index contributed by atoms with van der Waals surface area (Å²) < 4.78 is 41.5. The number of sulfonamides is 1. The summed E-state index contributed by atoms with van der Waals surface area (Å²) in [5.74, 6) is -0.854. The average molecular weight is 502 g/mol. The van der Waals surface area contributed by atoms with E-state index in [-0.39, 0.29) is 16.4 Å². The minimum atomic E-state index is -4.15. The molecule has 2 aromatic carbocycles. The topological polar surface area (TPSA) is 142 Å². The van der Waals surface area contributed by atoms with E-state index in [1.165, 1.54) is 41.1 Å². The Morgan fingerprint density at radius 2 is 1.77 bits per heavy atom. The lowest BCUT2D eigenvalue weighted by Gasteiger charge is -2.17. The van der Waals surface area contributed by atoms with E-state index in [1.54, 1.807) is 25.2 Å².